The van der Waals surface area contributed by atoms with Crippen LogP contribution in [-0.2, 0) is 0 Å². The normalized spacial score (nSPS) is 10.1. The Kier molecular flexibility index (Phi) is 3.42. The second kappa shape index (κ2) is 5.01. The van der Waals surface area contributed by atoms with Gasteiger partial charge in [0.1, 0.15) is 4.88 Å². The zero-order chi connectivity index (χ0) is 13.1. The molecule has 0 aliphatic heterocycles. The van der Waals surface area contributed by atoms with Crippen molar-refractivity contribution in [3.63, 3.8) is 0 Å². The summed E-state index contributed by atoms with van der Waals surface area (Å²) in [6.07, 6.45) is 0. The summed E-state index contributed by atoms with van der Waals surface area (Å²) in [5, 5.41) is 4.34. The zero-order valence-corrected chi connectivity index (χ0v) is 10.7. The fourth-order valence-corrected chi connectivity index (χ4v) is 2.08. The average Bonchev–Trinajstić information content (AvgIpc) is 2.74. The first-order valence-corrected chi connectivity index (χ1v) is 6.02. The summed E-state index contributed by atoms with van der Waals surface area (Å²) in [5.74, 6) is 0.275. The number of anilines is 2. The van der Waals surface area contributed by atoms with E-state index in [1.165, 1.54) is 18.4 Å². The van der Waals surface area contributed by atoms with E-state index in [1.807, 2.05) is 0 Å². The molecule has 0 fully saturated rings. The maximum atomic E-state index is 11.9. The van der Waals surface area contributed by atoms with E-state index < -0.39 is 0 Å². The van der Waals surface area contributed by atoms with Gasteiger partial charge in [0.05, 0.1) is 12.8 Å². The van der Waals surface area contributed by atoms with Crippen LogP contribution in [0.2, 0.25) is 0 Å². The Labute approximate surface area is 108 Å². The van der Waals surface area contributed by atoms with Gasteiger partial charge in [-0.1, -0.05) is 0 Å². The molecule has 2 rings (SSSR count). The van der Waals surface area contributed by atoms with Crippen LogP contribution in [0.3, 0.4) is 0 Å². The molecule has 0 spiro atoms. The zero-order valence-electron chi connectivity index (χ0n) is 9.93. The van der Waals surface area contributed by atoms with Crippen LogP contribution < -0.4 is 15.8 Å². The molecule has 2 heterocycles. The molecule has 0 atom stereocenters. The van der Waals surface area contributed by atoms with E-state index in [9.17, 15) is 4.79 Å². The summed E-state index contributed by atoms with van der Waals surface area (Å²) in [4.78, 5) is 20.5. The first kappa shape index (κ1) is 12.3. The Morgan fingerprint density at radius 2 is 2.28 bits per heavy atom. The van der Waals surface area contributed by atoms with Gasteiger partial charge in [-0.05, 0) is 18.4 Å². The second-order valence-corrected chi connectivity index (χ2v) is 4.45. The van der Waals surface area contributed by atoms with Crippen molar-refractivity contribution < 1.29 is 9.53 Å². The third-order valence-electron chi connectivity index (χ3n) is 2.17. The van der Waals surface area contributed by atoms with E-state index in [2.05, 4.69) is 15.3 Å². The fourth-order valence-electron chi connectivity index (χ4n) is 1.36. The SMILES string of the molecule is COc1cc(C)nc(NC(=O)c2sccc2N)n1. The van der Waals surface area contributed by atoms with E-state index in [-0.39, 0.29) is 11.9 Å². The van der Waals surface area contributed by atoms with E-state index in [1.54, 1.807) is 24.4 Å². The van der Waals surface area contributed by atoms with Crippen LogP contribution in [-0.4, -0.2) is 23.0 Å². The molecule has 0 bridgehead atoms. The quantitative estimate of drug-likeness (QED) is 0.880. The molecule has 0 aliphatic rings. The van der Waals surface area contributed by atoms with Crippen molar-refractivity contribution in [1.29, 1.82) is 0 Å². The van der Waals surface area contributed by atoms with Crippen LogP contribution in [0.25, 0.3) is 0 Å². The highest BCUT2D eigenvalue weighted by Gasteiger charge is 2.13. The van der Waals surface area contributed by atoms with Crippen molar-refractivity contribution in [1.82, 2.24) is 9.97 Å². The smallest absolute Gasteiger partial charge is 0.270 e. The Balaban J connectivity index is 2.22. The molecule has 7 heteroatoms. The van der Waals surface area contributed by atoms with E-state index in [4.69, 9.17) is 10.5 Å². The highest BCUT2D eigenvalue weighted by molar-refractivity contribution is 7.12. The molecule has 0 radical (unpaired) electrons. The number of nitrogens with one attached hydrogen (secondary N) is 1. The number of amides is 1. The highest BCUT2D eigenvalue weighted by atomic mass is 32.1. The molecule has 0 saturated carbocycles. The summed E-state index contributed by atoms with van der Waals surface area (Å²) in [5.41, 5.74) is 6.81. The first-order chi connectivity index (χ1) is 8.60. The van der Waals surface area contributed by atoms with Gasteiger partial charge in [0.2, 0.25) is 11.8 Å². The second-order valence-electron chi connectivity index (χ2n) is 3.53. The van der Waals surface area contributed by atoms with Crippen LogP contribution in [0.1, 0.15) is 15.4 Å². The number of hydrogen-bond donors (Lipinski definition) is 2. The predicted molar refractivity (Wildman–Crippen MR) is 70.0 cm³/mol. The Hall–Kier alpha value is -2.15. The van der Waals surface area contributed by atoms with E-state index >= 15 is 0 Å². The van der Waals surface area contributed by atoms with Gasteiger partial charge in [-0.25, -0.2) is 4.98 Å². The van der Waals surface area contributed by atoms with Crippen molar-refractivity contribution in [2.24, 2.45) is 0 Å². The van der Waals surface area contributed by atoms with Gasteiger partial charge < -0.3 is 10.5 Å². The molecule has 0 saturated heterocycles. The summed E-state index contributed by atoms with van der Waals surface area (Å²) < 4.78 is 5.01. The lowest BCUT2D eigenvalue weighted by atomic mass is 10.4. The number of nitrogens with two attached hydrogens (primary N) is 1. The molecular formula is C11H12N4O2S. The maximum Gasteiger partial charge on any atom is 0.270 e. The van der Waals surface area contributed by atoms with Gasteiger partial charge >= 0.3 is 0 Å². The minimum absolute atomic E-state index is 0.199. The summed E-state index contributed by atoms with van der Waals surface area (Å²) >= 11 is 1.27. The Morgan fingerprint density at radius 1 is 1.50 bits per heavy atom. The van der Waals surface area contributed by atoms with Gasteiger partial charge in [-0.3, -0.25) is 10.1 Å². The van der Waals surface area contributed by atoms with Crippen molar-refractivity contribution in [2.45, 2.75) is 6.92 Å². The average molecular weight is 264 g/mol. The van der Waals surface area contributed by atoms with Crippen LogP contribution in [0.4, 0.5) is 11.6 Å². The van der Waals surface area contributed by atoms with Gasteiger partial charge in [-0.15, -0.1) is 11.3 Å². The lowest BCUT2D eigenvalue weighted by Gasteiger charge is -2.06. The van der Waals surface area contributed by atoms with Crippen molar-refractivity contribution in [2.75, 3.05) is 18.2 Å². The van der Waals surface area contributed by atoms with Gasteiger partial charge in [0, 0.05) is 11.8 Å². The fraction of sp³-hybridized carbons (Fsp3) is 0.182. The minimum Gasteiger partial charge on any atom is -0.481 e. The number of aromatic nitrogens is 2. The number of methoxy groups -OCH3 is 1. The molecule has 6 nitrogen and oxygen atoms in total. The van der Waals surface area contributed by atoms with Crippen molar-refractivity contribution in [3.05, 3.63) is 28.1 Å². The third kappa shape index (κ3) is 2.57. The minimum atomic E-state index is -0.324. The van der Waals surface area contributed by atoms with Crippen LogP contribution in [0.5, 0.6) is 5.88 Å². The molecule has 18 heavy (non-hydrogen) atoms. The molecule has 1 amide bonds. The maximum absolute atomic E-state index is 11.9. The largest absolute Gasteiger partial charge is 0.481 e. The number of ether oxygens (including phenoxy) is 1. The number of nitrogen functional groups attached to an aromatic ring is 1. The molecule has 0 unspecified atom stereocenters. The van der Waals surface area contributed by atoms with Crippen LogP contribution in [0, 0.1) is 6.92 Å². The van der Waals surface area contributed by atoms with Gasteiger partial charge in [0.15, 0.2) is 0 Å². The summed E-state index contributed by atoms with van der Waals surface area (Å²) in [6, 6.07) is 3.35. The summed E-state index contributed by atoms with van der Waals surface area (Å²) in [7, 11) is 1.50. The predicted octanol–water partition coefficient (Wildman–Crippen LogP) is 1.69. The number of thiophene rings is 1. The molecule has 2 aromatic heterocycles. The molecule has 94 valence electrons. The van der Waals surface area contributed by atoms with E-state index in [0.717, 1.165) is 0 Å². The van der Waals surface area contributed by atoms with Crippen LogP contribution in [0.15, 0.2) is 17.5 Å². The summed E-state index contributed by atoms with van der Waals surface area (Å²) in [6.45, 7) is 1.79. The third-order valence-corrected chi connectivity index (χ3v) is 3.10. The van der Waals surface area contributed by atoms with Crippen molar-refractivity contribution >= 4 is 28.9 Å². The Morgan fingerprint density at radius 3 is 2.89 bits per heavy atom. The number of carbonyl (C=O) groups excluding carboxylic acids is 1. The molecular weight excluding hydrogens is 252 g/mol. The van der Waals surface area contributed by atoms with E-state index in [0.29, 0.717) is 22.1 Å². The standard InChI is InChI=1S/C11H12N4O2S/c1-6-5-8(17-2)14-11(13-6)15-10(16)9-7(12)3-4-18-9/h3-5H,12H2,1-2H3,(H,13,14,15,16). The highest BCUT2D eigenvalue weighted by Crippen LogP contribution is 2.20. The van der Waals surface area contributed by atoms with Crippen molar-refractivity contribution in [3.8, 4) is 5.88 Å². The monoisotopic (exact) mass is 264 g/mol. The molecule has 0 aromatic carbocycles. The topological polar surface area (TPSA) is 90.1 Å². The molecule has 2 aromatic rings. The van der Waals surface area contributed by atoms with Crippen LogP contribution >= 0.6 is 11.3 Å². The lowest BCUT2D eigenvalue weighted by molar-refractivity contribution is 0.103. The lowest BCUT2D eigenvalue weighted by Crippen LogP contribution is -2.14. The number of rotatable bonds is 3. The van der Waals surface area contributed by atoms with Gasteiger partial charge in [0.25, 0.3) is 5.91 Å². The first-order valence-electron chi connectivity index (χ1n) is 5.14. The number of carbonyl (C=O) groups is 1. The van der Waals surface area contributed by atoms with Gasteiger partial charge in [-0.2, -0.15) is 4.98 Å². The number of aryl methyl sites for hydroxylation is 1. The number of nitrogens with zero attached hydrogens (tertiary/aromatic N) is 2. The molecule has 3 N–H and O–H groups in total. The number of hydrogen-bond acceptors (Lipinski definition) is 6. The molecule has 0 aliphatic carbocycles. The Bertz CT molecular complexity index is 582.